The van der Waals surface area contributed by atoms with Crippen molar-refractivity contribution in [2.45, 2.75) is 58.0 Å². The lowest BCUT2D eigenvalue weighted by molar-refractivity contribution is 0.132. The quantitative estimate of drug-likeness (QED) is 0.884. The van der Waals surface area contributed by atoms with Gasteiger partial charge < -0.3 is 15.1 Å². The Morgan fingerprint density at radius 1 is 1.24 bits per heavy atom. The largest absolute Gasteiger partial charge is 0.331 e. The molecule has 0 saturated carbocycles. The molecule has 7 nitrogen and oxygen atoms in total. The van der Waals surface area contributed by atoms with E-state index in [-0.39, 0.29) is 6.03 Å². The van der Waals surface area contributed by atoms with E-state index in [1.54, 1.807) is 11.0 Å². The summed E-state index contributed by atoms with van der Waals surface area (Å²) >= 11 is 0. The van der Waals surface area contributed by atoms with Gasteiger partial charge in [0.2, 0.25) is 0 Å². The number of carbonyl (C=O) groups excluding carboxylic acids is 1. The Bertz CT molecular complexity index is 552. The van der Waals surface area contributed by atoms with E-state index in [1.165, 1.54) is 38.8 Å². The van der Waals surface area contributed by atoms with Crippen LogP contribution in [0.5, 0.6) is 0 Å². The molecule has 140 valence electrons. The SMILES string of the molecule is CC1CCCCN1CCC1CCN(C(=O)NCc2ncn(C)n2)CC1. The Morgan fingerprint density at radius 3 is 2.72 bits per heavy atom. The van der Waals surface area contributed by atoms with Gasteiger partial charge in [-0.3, -0.25) is 4.68 Å². The second-order valence-electron chi connectivity index (χ2n) is 7.59. The van der Waals surface area contributed by atoms with Crippen LogP contribution >= 0.6 is 0 Å². The van der Waals surface area contributed by atoms with Crippen molar-refractivity contribution in [3.05, 3.63) is 12.2 Å². The summed E-state index contributed by atoms with van der Waals surface area (Å²) in [5.74, 6) is 1.41. The Hall–Kier alpha value is -1.63. The summed E-state index contributed by atoms with van der Waals surface area (Å²) in [4.78, 5) is 21.0. The van der Waals surface area contributed by atoms with E-state index in [0.29, 0.717) is 12.4 Å². The van der Waals surface area contributed by atoms with Crippen LogP contribution in [0.25, 0.3) is 0 Å². The van der Waals surface area contributed by atoms with Gasteiger partial charge >= 0.3 is 6.03 Å². The molecule has 3 heterocycles. The van der Waals surface area contributed by atoms with Gasteiger partial charge in [0.05, 0.1) is 6.54 Å². The zero-order chi connectivity index (χ0) is 17.6. The molecule has 0 aliphatic carbocycles. The van der Waals surface area contributed by atoms with Crippen molar-refractivity contribution >= 4 is 6.03 Å². The predicted molar refractivity (Wildman–Crippen MR) is 97.0 cm³/mol. The Kier molecular flexibility index (Phi) is 6.29. The lowest BCUT2D eigenvalue weighted by Crippen LogP contribution is -2.45. The third kappa shape index (κ3) is 5.17. The van der Waals surface area contributed by atoms with Gasteiger partial charge in [-0.05, 0) is 58.0 Å². The van der Waals surface area contributed by atoms with E-state index < -0.39 is 0 Å². The fraction of sp³-hybridized carbons (Fsp3) is 0.833. The summed E-state index contributed by atoms with van der Waals surface area (Å²) in [5, 5.41) is 7.11. The van der Waals surface area contributed by atoms with Crippen molar-refractivity contribution < 1.29 is 4.79 Å². The number of piperidine rings is 2. The normalized spacial score (nSPS) is 23.0. The molecule has 25 heavy (non-hydrogen) atoms. The van der Waals surface area contributed by atoms with Crippen molar-refractivity contribution in [3.63, 3.8) is 0 Å². The number of hydrogen-bond acceptors (Lipinski definition) is 4. The smallest absolute Gasteiger partial charge is 0.317 e. The van der Waals surface area contributed by atoms with Crippen molar-refractivity contribution in [2.75, 3.05) is 26.2 Å². The van der Waals surface area contributed by atoms with Gasteiger partial charge in [-0.2, -0.15) is 5.10 Å². The highest BCUT2D eigenvalue weighted by Crippen LogP contribution is 2.23. The van der Waals surface area contributed by atoms with Crippen molar-refractivity contribution in [2.24, 2.45) is 13.0 Å². The highest BCUT2D eigenvalue weighted by atomic mass is 16.2. The van der Waals surface area contributed by atoms with Crippen molar-refractivity contribution in [1.82, 2.24) is 29.9 Å². The molecule has 2 amide bonds. The molecule has 7 heteroatoms. The van der Waals surface area contributed by atoms with Gasteiger partial charge in [-0.25, -0.2) is 9.78 Å². The fourth-order valence-corrected chi connectivity index (χ4v) is 3.99. The maximum absolute atomic E-state index is 12.3. The Balaban J connectivity index is 1.34. The average molecular weight is 348 g/mol. The number of carbonyl (C=O) groups is 1. The zero-order valence-electron chi connectivity index (χ0n) is 15.7. The third-order valence-electron chi connectivity index (χ3n) is 5.71. The number of rotatable bonds is 5. The topological polar surface area (TPSA) is 66.3 Å². The summed E-state index contributed by atoms with van der Waals surface area (Å²) in [6.07, 6.45) is 9.26. The summed E-state index contributed by atoms with van der Waals surface area (Å²) < 4.78 is 1.65. The number of aryl methyl sites for hydroxylation is 1. The minimum absolute atomic E-state index is 0.00977. The number of urea groups is 1. The minimum atomic E-state index is 0.00977. The molecule has 1 aromatic rings. The third-order valence-corrected chi connectivity index (χ3v) is 5.71. The van der Waals surface area contributed by atoms with Gasteiger partial charge in [0.25, 0.3) is 0 Å². The molecular weight excluding hydrogens is 316 g/mol. The number of nitrogens with zero attached hydrogens (tertiary/aromatic N) is 5. The molecule has 1 aromatic heterocycles. The minimum Gasteiger partial charge on any atom is -0.331 e. The van der Waals surface area contributed by atoms with E-state index in [2.05, 4.69) is 27.2 Å². The van der Waals surface area contributed by atoms with E-state index >= 15 is 0 Å². The van der Waals surface area contributed by atoms with E-state index in [1.807, 2.05) is 11.9 Å². The summed E-state index contributed by atoms with van der Waals surface area (Å²) in [6.45, 7) is 6.98. The molecule has 2 aliphatic heterocycles. The first kappa shape index (κ1) is 18.2. The van der Waals surface area contributed by atoms with Crippen LogP contribution in [0, 0.1) is 5.92 Å². The zero-order valence-corrected chi connectivity index (χ0v) is 15.7. The molecule has 3 rings (SSSR count). The van der Waals surface area contributed by atoms with E-state index in [4.69, 9.17) is 0 Å². The summed E-state index contributed by atoms with van der Waals surface area (Å²) in [5.41, 5.74) is 0. The standard InChI is InChI=1S/C18H32N6O/c1-15-5-3-4-9-23(15)10-6-16-7-11-24(12-8-16)18(25)19-13-17-20-14-22(2)21-17/h14-16H,3-13H2,1-2H3,(H,19,25). The highest BCUT2D eigenvalue weighted by molar-refractivity contribution is 5.74. The van der Waals surface area contributed by atoms with Crippen LogP contribution in [0.15, 0.2) is 6.33 Å². The lowest BCUT2D eigenvalue weighted by atomic mass is 9.92. The molecular formula is C18H32N6O. The van der Waals surface area contributed by atoms with Gasteiger partial charge in [0.1, 0.15) is 6.33 Å². The molecule has 2 fully saturated rings. The lowest BCUT2D eigenvalue weighted by Gasteiger charge is -2.36. The van der Waals surface area contributed by atoms with Gasteiger partial charge in [0, 0.05) is 26.2 Å². The molecule has 0 spiro atoms. The van der Waals surface area contributed by atoms with Gasteiger partial charge in [-0.15, -0.1) is 0 Å². The molecule has 0 radical (unpaired) electrons. The molecule has 0 aromatic carbocycles. The highest BCUT2D eigenvalue weighted by Gasteiger charge is 2.24. The van der Waals surface area contributed by atoms with Crippen LogP contribution in [0.1, 0.15) is 51.3 Å². The van der Waals surface area contributed by atoms with Gasteiger partial charge in [-0.1, -0.05) is 6.42 Å². The summed E-state index contributed by atoms with van der Waals surface area (Å²) in [6, 6.07) is 0.760. The maximum Gasteiger partial charge on any atom is 0.317 e. The average Bonchev–Trinajstić information content (AvgIpc) is 3.05. The van der Waals surface area contributed by atoms with Crippen LogP contribution in [0.2, 0.25) is 0 Å². The molecule has 1 N–H and O–H groups in total. The molecule has 2 saturated heterocycles. The first-order chi connectivity index (χ1) is 12.1. The molecule has 0 bridgehead atoms. The van der Waals surface area contributed by atoms with Crippen LogP contribution in [0.4, 0.5) is 4.79 Å². The van der Waals surface area contributed by atoms with Crippen molar-refractivity contribution in [3.8, 4) is 0 Å². The molecule has 2 aliphatic rings. The van der Waals surface area contributed by atoms with E-state index in [0.717, 1.165) is 37.9 Å². The number of hydrogen-bond donors (Lipinski definition) is 1. The van der Waals surface area contributed by atoms with Crippen molar-refractivity contribution in [1.29, 1.82) is 0 Å². The number of nitrogens with one attached hydrogen (secondary N) is 1. The second-order valence-corrected chi connectivity index (χ2v) is 7.59. The van der Waals surface area contributed by atoms with Crippen LogP contribution in [-0.4, -0.2) is 62.8 Å². The maximum atomic E-state index is 12.3. The number of likely N-dealkylation sites (tertiary alicyclic amines) is 2. The predicted octanol–water partition coefficient (Wildman–Crippen LogP) is 2.00. The first-order valence-electron chi connectivity index (χ1n) is 9.73. The number of amides is 2. The fourth-order valence-electron chi connectivity index (χ4n) is 3.99. The Morgan fingerprint density at radius 2 is 2.04 bits per heavy atom. The molecule has 1 unspecified atom stereocenters. The van der Waals surface area contributed by atoms with E-state index in [9.17, 15) is 4.79 Å². The monoisotopic (exact) mass is 348 g/mol. The van der Waals surface area contributed by atoms with Gasteiger partial charge in [0.15, 0.2) is 5.82 Å². The number of aromatic nitrogens is 3. The van der Waals surface area contributed by atoms with Crippen LogP contribution in [-0.2, 0) is 13.6 Å². The molecule has 1 atom stereocenters. The van der Waals surface area contributed by atoms with Crippen LogP contribution < -0.4 is 5.32 Å². The van der Waals surface area contributed by atoms with Crippen LogP contribution in [0.3, 0.4) is 0 Å². The second kappa shape index (κ2) is 8.65. The first-order valence-corrected chi connectivity index (χ1v) is 9.73. The summed E-state index contributed by atoms with van der Waals surface area (Å²) in [7, 11) is 1.83. The Labute approximate surface area is 150 Å².